The van der Waals surface area contributed by atoms with Crippen LogP contribution in [0.3, 0.4) is 0 Å². The van der Waals surface area contributed by atoms with Gasteiger partial charge in [-0.25, -0.2) is 18.0 Å². The van der Waals surface area contributed by atoms with Crippen LogP contribution in [0.1, 0.15) is 34.1 Å². The van der Waals surface area contributed by atoms with Crippen LogP contribution in [-0.2, 0) is 36.3 Å². The van der Waals surface area contributed by atoms with Crippen molar-refractivity contribution in [1.82, 2.24) is 4.90 Å². The second kappa shape index (κ2) is 7.85. The van der Waals surface area contributed by atoms with E-state index < -0.39 is 21.9 Å². The molecule has 0 spiro atoms. The minimum absolute atomic E-state index is 0.0341. The van der Waals surface area contributed by atoms with Crippen LogP contribution < -0.4 is 5.32 Å². The highest BCUT2D eigenvalue weighted by atomic mass is 32.2. The average molecular weight is 416 g/mol. The van der Waals surface area contributed by atoms with Gasteiger partial charge >= 0.3 is 12.1 Å². The smallest absolute Gasteiger partial charge is 0.409 e. The molecule has 148 valence electrons. The molecule has 0 aliphatic carbocycles. The Bertz CT molecular complexity index is 876. The number of hydrogen-bond donors (Lipinski definition) is 1. The van der Waals surface area contributed by atoms with Crippen molar-refractivity contribution in [2.24, 2.45) is 0 Å². The third-order valence-electron chi connectivity index (χ3n) is 4.29. The molecular formula is C16H20N2O7S2. The molecule has 0 aromatic carbocycles. The highest BCUT2D eigenvalue weighted by Crippen LogP contribution is 2.38. The Morgan fingerprint density at radius 1 is 1.37 bits per heavy atom. The fraction of sp³-hybridized carbons (Fsp3) is 0.562. The first-order chi connectivity index (χ1) is 12.8. The van der Waals surface area contributed by atoms with Gasteiger partial charge in [-0.05, 0) is 18.9 Å². The van der Waals surface area contributed by atoms with Gasteiger partial charge in [0.25, 0.3) is 0 Å². The van der Waals surface area contributed by atoms with Gasteiger partial charge in [-0.15, -0.1) is 11.3 Å². The quantitative estimate of drug-likeness (QED) is 0.692. The Kier molecular flexibility index (Phi) is 5.70. The number of ether oxygens (including phenoxy) is 2. The molecule has 1 N–H and O–H groups in total. The first-order valence-corrected chi connectivity index (χ1v) is 11.2. The maximum Gasteiger partial charge on any atom is 0.409 e. The van der Waals surface area contributed by atoms with E-state index in [1.165, 1.54) is 4.90 Å². The minimum atomic E-state index is -3.21. The van der Waals surface area contributed by atoms with Crippen molar-refractivity contribution in [3.05, 3.63) is 16.0 Å². The first-order valence-electron chi connectivity index (χ1n) is 8.54. The summed E-state index contributed by atoms with van der Waals surface area (Å²) in [6.45, 7) is 2.80. The molecular weight excluding hydrogens is 396 g/mol. The van der Waals surface area contributed by atoms with E-state index in [0.29, 0.717) is 28.6 Å². The van der Waals surface area contributed by atoms with E-state index >= 15 is 0 Å². The second-order valence-electron chi connectivity index (χ2n) is 6.17. The Morgan fingerprint density at radius 2 is 2.15 bits per heavy atom. The van der Waals surface area contributed by atoms with Crippen LogP contribution in [-0.4, -0.2) is 63.3 Å². The van der Waals surface area contributed by atoms with Crippen LogP contribution in [0, 0.1) is 0 Å². The number of esters is 1. The third-order valence-corrected chi connectivity index (χ3v) is 7.18. The number of fused-ring (bicyclic) bond motifs is 1. The fourth-order valence-electron chi connectivity index (χ4n) is 2.98. The summed E-state index contributed by atoms with van der Waals surface area (Å²) < 4.78 is 33.7. The molecule has 2 amide bonds. The maximum absolute atomic E-state index is 12.4. The number of thiophene rings is 1. The number of nitrogens with zero attached hydrogens (tertiary/aromatic N) is 1. The number of carbonyl (C=O) groups excluding carboxylic acids is 3. The van der Waals surface area contributed by atoms with Crippen LogP contribution >= 0.6 is 11.3 Å². The van der Waals surface area contributed by atoms with Crippen LogP contribution in [0.2, 0.25) is 0 Å². The summed E-state index contributed by atoms with van der Waals surface area (Å²) in [5.74, 6) is -1.13. The van der Waals surface area contributed by atoms with Gasteiger partial charge in [0, 0.05) is 17.8 Å². The van der Waals surface area contributed by atoms with E-state index in [-0.39, 0.29) is 49.0 Å². The molecule has 0 radical (unpaired) electrons. The number of cyclic esters (lactones) is 1. The summed E-state index contributed by atoms with van der Waals surface area (Å²) in [5, 5.41) is 2.97. The first kappa shape index (κ1) is 19.6. The molecule has 9 nitrogen and oxygen atoms in total. The summed E-state index contributed by atoms with van der Waals surface area (Å²) in [5.41, 5.74) is 0.868. The molecule has 0 bridgehead atoms. The monoisotopic (exact) mass is 416 g/mol. The van der Waals surface area contributed by atoms with Crippen LogP contribution in [0.4, 0.5) is 9.80 Å². The molecule has 1 aromatic heterocycles. The van der Waals surface area contributed by atoms with Crippen LogP contribution in [0.25, 0.3) is 0 Å². The number of amides is 2. The van der Waals surface area contributed by atoms with E-state index in [4.69, 9.17) is 9.47 Å². The summed E-state index contributed by atoms with van der Waals surface area (Å²) in [7, 11) is -3.21. The van der Waals surface area contributed by atoms with Crippen molar-refractivity contribution in [2.75, 3.05) is 37.4 Å². The molecule has 0 saturated carbocycles. The van der Waals surface area contributed by atoms with Gasteiger partial charge in [0.05, 0.1) is 30.2 Å². The Hall–Kier alpha value is -2.14. The highest BCUT2D eigenvalue weighted by molar-refractivity contribution is 7.90. The van der Waals surface area contributed by atoms with Crippen molar-refractivity contribution < 1.29 is 32.3 Å². The van der Waals surface area contributed by atoms with E-state index in [1.807, 2.05) is 0 Å². The SMILES string of the molecule is CCOC(=O)c1c(NC(=O)CCN2CCOC2=O)sc2c1CCS(=O)(=O)C2. The fourth-order valence-corrected chi connectivity index (χ4v) is 6.04. The Balaban J connectivity index is 1.77. The van der Waals surface area contributed by atoms with E-state index in [1.54, 1.807) is 6.92 Å². The lowest BCUT2D eigenvalue weighted by atomic mass is 10.1. The second-order valence-corrected chi connectivity index (χ2v) is 9.46. The molecule has 3 heterocycles. The number of anilines is 1. The predicted octanol–water partition coefficient (Wildman–Crippen LogP) is 1.18. The van der Waals surface area contributed by atoms with Crippen molar-refractivity contribution >= 4 is 44.1 Å². The molecule has 1 fully saturated rings. The van der Waals surface area contributed by atoms with Gasteiger partial charge in [0.1, 0.15) is 11.6 Å². The average Bonchev–Trinajstić information content (AvgIpc) is 3.14. The van der Waals surface area contributed by atoms with Crippen molar-refractivity contribution in [1.29, 1.82) is 0 Å². The standard InChI is InChI=1S/C16H20N2O7S2/c1-2-24-15(20)13-10-4-8-27(22,23)9-11(10)26-14(13)17-12(19)3-5-18-6-7-25-16(18)21/h2-9H2,1H3,(H,17,19). The Labute approximate surface area is 160 Å². The van der Waals surface area contributed by atoms with Crippen molar-refractivity contribution in [2.45, 2.75) is 25.5 Å². The number of carbonyl (C=O) groups is 3. The van der Waals surface area contributed by atoms with Crippen LogP contribution in [0.15, 0.2) is 0 Å². The van der Waals surface area contributed by atoms with E-state index in [2.05, 4.69) is 5.32 Å². The summed E-state index contributed by atoms with van der Waals surface area (Å²) in [4.78, 5) is 38.1. The normalized spacial score (nSPS) is 18.0. The molecule has 11 heteroatoms. The molecule has 0 atom stereocenters. The van der Waals surface area contributed by atoms with E-state index in [0.717, 1.165) is 11.3 Å². The summed E-state index contributed by atoms with van der Waals surface area (Å²) in [6.07, 6.45) is -0.192. The lowest BCUT2D eigenvalue weighted by molar-refractivity contribution is -0.116. The Morgan fingerprint density at radius 3 is 2.81 bits per heavy atom. The predicted molar refractivity (Wildman–Crippen MR) is 97.6 cm³/mol. The number of sulfone groups is 1. The largest absolute Gasteiger partial charge is 0.462 e. The molecule has 2 aliphatic rings. The van der Waals surface area contributed by atoms with Crippen molar-refractivity contribution in [3.8, 4) is 0 Å². The molecule has 0 unspecified atom stereocenters. The molecule has 2 aliphatic heterocycles. The number of hydrogen-bond acceptors (Lipinski definition) is 8. The van der Waals surface area contributed by atoms with Crippen molar-refractivity contribution in [3.63, 3.8) is 0 Å². The van der Waals surface area contributed by atoms with Gasteiger partial charge < -0.3 is 19.7 Å². The topological polar surface area (TPSA) is 119 Å². The van der Waals surface area contributed by atoms with Gasteiger partial charge in [-0.1, -0.05) is 0 Å². The van der Waals surface area contributed by atoms with E-state index in [9.17, 15) is 22.8 Å². The van der Waals surface area contributed by atoms with Gasteiger partial charge in [0.2, 0.25) is 5.91 Å². The summed E-state index contributed by atoms with van der Waals surface area (Å²) >= 11 is 1.09. The highest BCUT2D eigenvalue weighted by Gasteiger charge is 2.32. The van der Waals surface area contributed by atoms with Gasteiger partial charge in [-0.2, -0.15) is 0 Å². The lowest BCUT2D eigenvalue weighted by Gasteiger charge is -2.13. The third kappa shape index (κ3) is 4.41. The molecule has 1 aromatic rings. The maximum atomic E-state index is 12.4. The zero-order valence-corrected chi connectivity index (χ0v) is 16.4. The van der Waals surface area contributed by atoms with Crippen LogP contribution in [0.5, 0.6) is 0 Å². The number of rotatable bonds is 6. The van der Waals surface area contributed by atoms with Gasteiger partial charge in [-0.3, -0.25) is 4.79 Å². The number of nitrogens with one attached hydrogen (secondary N) is 1. The van der Waals surface area contributed by atoms with Gasteiger partial charge in [0.15, 0.2) is 9.84 Å². The molecule has 1 saturated heterocycles. The molecule has 3 rings (SSSR count). The summed E-state index contributed by atoms with van der Waals surface area (Å²) in [6, 6.07) is 0. The zero-order chi connectivity index (χ0) is 19.6. The molecule has 27 heavy (non-hydrogen) atoms. The zero-order valence-electron chi connectivity index (χ0n) is 14.8. The minimum Gasteiger partial charge on any atom is -0.462 e. The lowest BCUT2D eigenvalue weighted by Crippen LogP contribution is -2.28.